The maximum Gasteiger partial charge on any atom is 0.251 e. The number of β-amino-alcohol motifs (C(OH)–C–C–N with tert-alkyl or cyclic N) is 1. The molecule has 3 unspecified atom stereocenters. The summed E-state index contributed by atoms with van der Waals surface area (Å²) >= 11 is 0. The number of aliphatic hydroxyl groups is 1. The van der Waals surface area contributed by atoms with Crippen molar-refractivity contribution in [3.63, 3.8) is 0 Å². The van der Waals surface area contributed by atoms with Crippen LogP contribution in [-0.4, -0.2) is 55.6 Å². The van der Waals surface area contributed by atoms with Crippen LogP contribution < -0.4 is 15.4 Å². The lowest BCUT2D eigenvalue weighted by Gasteiger charge is -2.21. The van der Waals surface area contributed by atoms with E-state index in [-0.39, 0.29) is 19.6 Å². The van der Waals surface area contributed by atoms with Crippen LogP contribution in [0.5, 0.6) is 5.75 Å². The standard InChI is InChI=1S/C23H26FN3O4/c1-23(29)13-26-12-21(31-14-23)22(28)27-18(11-25)9-17-4-3-16(10-20(17)24)15-5-7-19(30-2)8-6-15/h3-8,10,18,21,26,29H,9,12-14H2,1-2H3,(H,27,28). The van der Waals surface area contributed by atoms with E-state index < -0.39 is 29.5 Å². The lowest BCUT2D eigenvalue weighted by atomic mass is 10.00. The SMILES string of the molecule is COc1ccc(-c2ccc(CC(C#N)NC(=O)C3CNCC(C)(O)CO3)c(F)c2)cc1. The highest BCUT2D eigenvalue weighted by atomic mass is 19.1. The Kier molecular flexibility index (Phi) is 7.23. The molecule has 0 aromatic heterocycles. The van der Waals surface area contributed by atoms with Gasteiger partial charge < -0.3 is 25.2 Å². The van der Waals surface area contributed by atoms with E-state index in [1.807, 2.05) is 18.2 Å². The molecule has 1 aliphatic heterocycles. The zero-order valence-corrected chi connectivity index (χ0v) is 17.5. The van der Waals surface area contributed by atoms with Crippen molar-refractivity contribution in [2.45, 2.75) is 31.1 Å². The van der Waals surface area contributed by atoms with Crippen molar-refractivity contribution in [3.05, 3.63) is 53.8 Å². The molecule has 1 saturated heterocycles. The van der Waals surface area contributed by atoms with E-state index >= 15 is 0 Å². The molecule has 0 saturated carbocycles. The molecule has 164 valence electrons. The number of hydrogen-bond donors (Lipinski definition) is 3. The number of amides is 1. The Hall–Kier alpha value is -2.99. The average molecular weight is 427 g/mol. The van der Waals surface area contributed by atoms with Gasteiger partial charge in [-0.2, -0.15) is 5.26 Å². The number of benzene rings is 2. The number of rotatable bonds is 6. The summed E-state index contributed by atoms with van der Waals surface area (Å²) in [6.45, 7) is 2.11. The van der Waals surface area contributed by atoms with Gasteiger partial charge >= 0.3 is 0 Å². The van der Waals surface area contributed by atoms with Crippen molar-refractivity contribution in [1.82, 2.24) is 10.6 Å². The monoisotopic (exact) mass is 427 g/mol. The molecular weight excluding hydrogens is 401 g/mol. The molecule has 1 fully saturated rings. The van der Waals surface area contributed by atoms with Gasteiger partial charge in [0, 0.05) is 19.5 Å². The van der Waals surface area contributed by atoms with Gasteiger partial charge in [-0.3, -0.25) is 4.79 Å². The number of carbonyl (C=O) groups is 1. The van der Waals surface area contributed by atoms with Crippen LogP contribution in [0.25, 0.3) is 11.1 Å². The molecule has 0 spiro atoms. The van der Waals surface area contributed by atoms with Crippen LogP contribution in [0.1, 0.15) is 12.5 Å². The lowest BCUT2D eigenvalue weighted by Crippen LogP contribution is -2.46. The second-order valence-electron chi connectivity index (χ2n) is 7.86. The first-order valence-corrected chi connectivity index (χ1v) is 9.99. The molecule has 3 rings (SSSR count). The van der Waals surface area contributed by atoms with E-state index in [9.17, 15) is 19.6 Å². The minimum atomic E-state index is -1.07. The Labute approximate surface area is 180 Å². The Balaban J connectivity index is 1.64. The fraction of sp³-hybridized carbons (Fsp3) is 0.391. The molecule has 0 bridgehead atoms. The van der Waals surface area contributed by atoms with Gasteiger partial charge in [0.2, 0.25) is 0 Å². The zero-order chi connectivity index (χ0) is 22.4. The first-order chi connectivity index (χ1) is 14.8. The van der Waals surface area contributed by atoms with Gasteiger partial charge in [0.25, 0.3) is 5.91 Å². The number of methoxy groups -OCH3 is 1. The molecule has 0 radical (unpaired) electrons. The van der Waals surface area contributed by atoms with Crippen molar-refractivity contribution < 1.29 is 23.8 Å². The number of nitriles is 1. The van der Waals surface area contributed by atoms with Crippen LogP contribution in [0.15, 0.2) is 42.5 Å². The molecule has 1 heterocycles. The highest BCUT2D eigenvalue weighted by molar-refractivity contribution is 5.81. The van der Waals surface area contributed by atoms with Gasteiger partial charge in [0.05, 0.1) is 25.4 Å². The molecule has 7 nitrogen and oxygen atoms in total. The maximum atomic E-state index is 14.7. The van der Waals surface area contributed by atoms with Gasteiger partial charge in [-0.15, -0.1) is 0 Å². The van der Waals surface area contributed by atoms with Crippen molar-refractivity contribution in [2.75, 3.05) is 26.8 Å². The summed E-state index contributed by atoms with van der Waals surface area (Å²) in [5.41, 5.74) is 0.793. The highest BCUT2D eigenvalue weighted by Gasteiger charge is 2.31. The van der Waals surface area contributed by atoms with E-state index in [2.05, 4.69) is 10.6 Å². The fourth-order valence-corrected chi connectivity index (χ4v) is 3.32. The lowest BCUT2D eigenvalue weighted by molar-refractivity contribution is -0.135. The first kappa shape index (κ1) is 22.7. The predicted octanol–water partition coefficient (Wildman–Crippen LogP) is 1.79. The molecule has 3 atom stereocenters. The zero-order valence-electron chi connectivity index (χ0n) is 17.5. The summed E-state index contributed by atoms with van der Waals surface area (Å²) in [6.07, 6.45) is -0.818. The Bertz CT molecular complexity index is 956. The second-order valence-corrected chi connectivity index (χ2v) is 7.86. The summed E-state index contributed by atoms with van der Waals surface area (Å²) in [4.78, 5) is 12.5. The van der Waals surface area contributed by atoms with Gasteiger partial charge in [0.1, 0.15) is 23.7 Å². The van der Waals surface area contributed by atoms with Gasteiger partial charge in [-0.25, -0.2) is 4.39 Å². The summed E-state index contributed by atoms with van der Waals surface area (Å²) in [6, 6.07) is 13.2. The Morgan fingerprint density at radius 2 is 2.10 bits per heavy atom. The number of hydrogen-bond acceptors (Lipinski definition) is 6. The third-order valence-corrected chi connectivity index (χ3v) is 5.10. The minimum Gasteiger partial charge on any atom is -0.497 e. The van der Waals surface area contributed by atoms with E-state index in [4.69, 9.17) is 9.47 Å². The van der Waals surface area contributed by atoms with Gasteiger partial charge in [-0.05, 0) is 41.8 Å². The fourth-order valence-electron chi connectivity index (χ4n) is 3.32. The molecule has 2 aromatic carbocycles. The van der Waals surface area contributed by atoms with Crippen LogP contribution in [0.4, 0.5) is 4.39 Å². The van der Waals surface area contributed by atoms with Crippen molar-refractivity contribution in [2.24, 2.45) is 0 Å². The molecule has 3 N–H and O–H groups in total. The predicted molar refractivity (Wildman–Crippen MR) is 113 cm³/mol. The average Bonchev–Trinajstić information content (AvgIpc) is 2.95. The number of carbonyl (C=O) groups excluding carboxylic acids is 1. The first-order valence-electron chi connectivity index (χ1n) is 9.99. The second kappa shape index (κ2) is 9.88. The number of nitrogens with one attached hydrogen (secondary N) is 2. The molecule has 31 heavy (non-hydrogen) atoms. The van der Waals surface area contributed by atoms with Crippen LogP contribution in [0.3, 0.4) is 0 Å². The summed E-state index contributed by atoms with van der Waals surface area (Å²) in [5, 5.41) is 25.0. The highest BCUT2D eigenvalue weighted by Crippen LogP contribution is 2.25. The Morgan fingerprint density at radius 3 is 2.74 bits per heavy atom. The normalized spacial score (nSPS) is 22.1. The summed E-state index contributed by atoms with van der Waals surface area (Å²) in [7, 11) is 1.58. The van der Waals surface area contributed by atoms with Gasteiger partial charge in [-0.1, -0.05) is 24.3 Å². The molecule has 8 heteroatoms. The third-order valence-electron chi connectivity index (χ3n) is 5.10. The van der Waals surface area contributed by atoms with E-state index in [1.165, 1.54) is 6.07 Å². The number of nitrogens with zero attached hydrogens (tertiary/aromatic N) is 1. The maximum absolute atomic E-state index is 14.7. The third kappa shape index (κ3) is 6.01. The van der Waals surface area contributed by atoms with E-state index in [1.54, 1.807) is 38.3 Å². The van der Waals surface area contributed by atoms with Crippen LogP contribution in [-0.2, 0) is 16.0 Å². The number of halogens is 1. The van der Waals surface area contributed by atoms with Crippen molar-refractivity contribution in [3.8, 4) is 22.9 Å². The number of ether oxygens (including phenoxy) is 2. The summed E-state index contributed by atoms with van der Waals surface area (Å²) in [5.74, 6) is -0.219. The topological polar surface area (TPSA) is 104 Å². The molecule has 1 aliphatic rings. The summed E-state index contributed by atoms with van der Waals surface area (Å²) < 4.78 is 25.3. The van der Waals surface area contributed by atoms with Crippen LogP contribution in [0.2, 0.25) is 0 Å². The smallest absolute Gasteiger partial charge is 0.251 e. The minimum absolute atomic E-state index is 0.00322. The van der Waals surface area contributed by atoms with Gasteiger partial charge in [0.15, 0.2) is 0 Å². The van der Waals surface area contributed by atoms with E-state index in [0.717, 1.165) is 5.56 Å². The van der Waals surface area contributed by atoms with Crippen LogP contribution in [0, 0.1) is 17.1 Å². The molecule has 0 aliphatic carbocycles. The largest absolute Gasteiger partial charge is 0.497 e. The quantitative estimate of drug-likeness (QED) is 0.650. The molecular formula is C23H26FN3O4. The Morgan fingerprint density at radius 1 is 1.39 bits per heavy atom. The van der Waals surface area contributed by atoms with Crippen molar-refractivity contribution in [1.29, 1.82) is 5.26 Å². The van der Waals surface area contributed by atoms with E-state index in [0.29, 0.717) is 23.4 Å². The molecule has 2 aromatic rings. The molecule has 1 amide bonds. The van der Waals surface area contributed by atoms with Crippen LogP contribution >= 0.6 is 0 Å². The van der Waals surface area contributed by atoms with Crippen molar-refractivity contribution >= 4 is 5.91 Å².